The Labute approximate surface area is 117 Å². The van der Waals surface area contributed by atoms with Gasteiger partial charge in [-0.1, -0.05) is 48.5 Å². The van der Waals surface area contributed by atoms with Gasteiger partial charge in [0.15, 0.2) is 0 Å². The van der Waals surface area contributed by atoms with E-state index in [2.05, 4.69) is 36.4 Å². The van der Waals surface area contributed by atoms with Crippen LogP contribution in [0.15, 0.2) is 48.5 Å². The number of esters is 1. The number of hydrogen-bond donors (Lipinski definition) is 0. The van der Waals surface area contributed by atoms with E-state index in [1.54, 1.807) is 0 Å². The van der Waals surface area contributed by atoms with Crippen molar-refractivity contribution in [3.63, 3.8) is 0 Å². The zero-order valence-corrected chi connectivity index (χ0v) is 11.2. The Bertz CT molecular complexity index is 708. The number of benzene rings is 2. The molecule has 0 N–H and O–H groups in total. The van der Waals surface area contributed by atoms with Gasteiger partial charge in [0.25, 0.3) is 0 Å². The number of hydrogen-bond acceptors (Lipinski definition) is 2. The van der Waals surface area contributed by atoms with Crippen molar-refractivity contribution in [2.24, 2.45) is 5.92 Å². The van der Waals surface area contributed by atoms with Crippen LogP contribution in [0.2, 0.25) is 0 Å². The second-order valence-corrected chi connectivity index (χ2v) is 6.05. The van der Waals surface area contributed by atoms with Gasteiger partial charge in [0, 0.05) is 0 Å². The maximum absolute atomic E-state index is 12.7. The fourth-order valence-electron chi connectivity index (χ4n) is 4.94. The Morgan fingerprint density at radius 2 is 1.45 bits per heavy atom. The van der Waals surface area contributed by atoms with Crippen molar-refractivity contribution in [3.8, 4) is 0 Å². The Morgan fingerprint density at radius 1 is 0.950 bits per heavy atom. The summed E-state index contributed by atoms with van der Waals surface area (Å²) in [5, 5.41) is 0. The molecule has 20 heavy (non-hydrogen) atoms. The molecule has 0 aliphatic heterocycles. The summed E-state index contributed by atoms with van der Waals surface area (Å²) >= 11 is 0. The second-order valence-electron chi connectivity index (χ2n) is 6.05. The second kappa shape index (κ2) is 3.14. The van der Waals surface area contributed by atoms with Crippen LogP contribution in [0.25, 0.3) is 0 Å². The third-order valence-electron chi connectivity index (χ3n) is 5.52. The Hall–Kier alpha value is -2.09. The Kier molecular flexibility index (Phi) is 1.68. The summed E-state index contributed by atoms with van der Waals surface area (Å²) in [5.74, 6) is 1.31. The van der Waals surface area contributed by atoms with E-state index >= 15 is 0 Å². The summed E-state index contributed by atoms with van der Waals surface area (Å²) in [6.45, 7) is 0. The van der Waals surface area contributed by atoms with Gasteiger partial charge in [0.2, 0.25) is 0 Å². The van der Waals surface area contributed by atoms with E-state index in [-0.39, 0.29) is 5.97 Å². The van der Waals surface area contributed by atoms with Crippen molar-refractivity contribution in [2.75, 3.05) is 7.11 Å². The minimum Gasteiger partial charge on any atom is -0.468 e. The van der Waals surface area contributed by atoms with Gasteiger partial charge in [0.05, 0.1) is 7.11 Å². The molecule has 2 atom stereocenters. The number of fused-ring (bicyclic) bond motifs is 7. The first-order chi connectivity index (χ1) is 9.81. The number of carbonyl (C=O) groups excluding carboxylic acids is 1. The van der Waals surface area contributed by atoms with Crippen LogP contribution < -0.4 is 0 Å². The minimum absolute atomic E-state index is 0.0927. The average Bonchev–Trinajstić information content (AvgIpc) is 3.10. The van der Waals surface area contributed by atoms with E-state index < -0.39 is 5.41 Å². The topological polar surface area (TPSA) is 26.3 Å². The van der Waals surface area contributed by atoms with Crippen LogP contribution in [0, 0.1) is 5.92 Å². The smallest absolute Gasteiger partial charge is 0.321 e. The van der Waals surface area contributed by atoms with E-state index in [0.29, 0.717) is 17.8 Å². The first-order valence-electron chi connectivity index (χ1n) is 7.09. The number of rotatable bonds is 1. The summed E-state index contributed by atoms with van der Waals surface area (Å²) in [4.78, 5) is 12.7. The van der Waals surface area contributed by atoms with Crippen molar-refractivity contribution in [1.82, 2.24) is 0 Å². The lowest BCUT2D eigenvalue weighted by atomic mass is 9.75. The maximum Gasteiger partial charge on any atom is 0.321 e. The molecule has 3 aliphatic carbocycles. The quantitative estimate of drug-likeness (QED) is 0.739. The van der Waals surface area contributed by atoms with E-state index in [4.69, 9.17) is 4.74 Å². The van der Waals surface area contributed by atoms with Crippen LogP contribution in [0.5, 0.6) is 0 Å². The normalized spacial score (nSPS) is 34.1. The number of methoxy groups -OCH3 is 1. The highest BCUT2D eigenvalue weighted by Crippen LogP contribution is 2.80. The van der Waals surface area contributed by atoms with Crippen molar-refractivity contribution in [1.29, 1.82) is 0 Å². The fourth-order valence-corrected chi connectivity index (χ4v) is 4.94. The van der Waals surface area contributed by atoms with Crippen LogP contribution in [0.4, 0.5) is 0 Å². The highest BCUT2D eigenvalue weighted by Gasteiger charge is 2.77. The predicted octanol–water partition coefficient (Wildman–Crippen LogP) is 2.97. The molecule has 1 saturated carbocycles. The summed E-state index contributed by atoms with van der Waals surface area (Å²) in [5.41, 5.74) is 4.50. The average molecular weight is 262 g/mol. The monoisotopic (exact) mass is 262 g/mol. The van der Waals surface area contributed by atoms with Crippen molar-refractivity contribution in [3.05, 3.63) is 70.8 Å². The van der Waals surface area contributed by atoms with Gasteiger partial charge in [-0.15, -0.1) is 0 Å². The molecule has 0 unspecified atom stereocenters. The van der Waals surface area contributed by atoms with E-state index in [9.17, 15) is 4.79 Å². The molecule has 0 saturated heterocycles. The first kappa shape index (κ1) is 10.7. The molecule has 0 bridgehead atoms. The number of carbonyl (C=O) groups is 1. The third-order valence-corrected chi connectivity index (χ3v) is 5.52. The van der Waals surface area contributed by atoms with Crippen LogP contribution in [-0.2, 0) is 14.9 Å². The standard InChI is InChI=1S/C18H14O2/c1-20-17(19)18-12-8-4-2-6-10(12)14-15(16(14)18)11-7-3-5-9-13(11)18/h2-9,14-16H,1H3/t14-,15-,16?,18?/m1/s1. The molecular weight excluding hydrogens is 248 g/mol. The molecule has 98 valence electrons. The van der Waals surface area contributed by atoms with Crippen LogP contribution >= 0.6 is 0 Å². The van der Waals surface area contributed by atoms with Crippen molar-refractivity contribution < 1.29 is 9.53 Å². The molecule has 2 nitrogen and oxygen atoms in total. The molecular formula is C18H14O2. The molecule has 0 amide bonds. The summed E-state index contributed by atoms with van der Waals surface area (Å²) < 4.78 is 5.23. The minimum atomic E-state index is -0.544. The summed E-state index contributed by atoms with van der Waals surface area (Å²) in [7, 11) is 1.51. The Balaban J connectivity index is 1.90. The molecule has 2 aromatic carbocycles. The molecule has 0 radical (unpaired) electrons. The van der Waals surface area contributed by atoms with Gasteiger partial charge in [-0.05, 0) is 40.0 Å². The molecule has 2 heteroatoms. The molecule has 0 heterocycles. The van der Waals surface area contributed by atoms with E-state index in [1.165, 1.54) is 29.4 Å². The summed E-state index contributed by atoms with van der Waals surface area (Å²) in [6.07, 6.45) is 0. The molecule has 3 aliphatic rings. The lowest BCUT2D eigenvalue weighted by Gasteiger charge is -2.27. The molecule has 0 spiro atoms. The van der Waals surface area contributed by atoms with Gasteiger partial charge < -0.3 is 4.74 Å². The van der Waals surface area contributed by atoms with Crippen molar-refractivity contribution >= 4 is 5.97 Å². The predicted molar refractivity (Wildman–Crippen MR) is 74.7 cm³/mol. The lowest BCUT2D eigenvalue weighted by molar-refractivity contribution is -0.146. The fraction of sp³-hybridized carbons (Fsp3) is 0.278. The van der Waals surface area contributed by atoms with Crippen LogP contribution in [-0.4, -0.2) is 13.1 Å². The van der Waals surface area contributed by atoms with Crippen LogP contribution in [0.1, 0.15) is 34.1 Å². The highest BCUT2D eigenvalue weighted by molar-refractivity contribution is 5.95. The van der Waals surface area contributed by atoms with Gasteiger partial charge >= 0.3 is 5.97 Å². The first-order valence-corrected chi connectivity index (χ1v) is 7.09. The molecule has 1 fully saturated rings. The molecule has 2 aromatic rings. The molecule has 5 rings (SSSR count). The van der Waals surface area contributed by atoms with E-state index in [1.807, 2.05) is 12.1 Å². The highest BCUT2D eigenvalue weighted by atomic mass is 16.5. The van der Waals surface area contributed by atoms with Gasteiger partial charge in [-0.25, -0.2) is 0 Å². The Morgan fingerprint density at radius 3 is 1.95 bits per heavy atom. The van der Waals surface area contributed by atoms with Crippen LogP contribution in [0.3, 0.4) is 0 Å². The lowest BCUT2D eigenvalue weighted by Crippen LogP contribution is -2.37. The molecule has 0 aromatic heterocycles. The maximum atomic E-state index is 12.7. The summed E-state index contributed by atoms with van der Waals surface area (Å²) in [6, 6.07) is 16.8. The van der Waals surface area contributed by atoms with Gasteiger partial charge in [-0.2, -0.15) is 0 Å². The van der Waals surface area contributed by atoms with Gasteiger partial charge in [-0.3, -0.25) is 4.79 Å². The third kappa shape index (κ3) is 0.866. The number of ether oxygens (including phenoxy) is 1. The zero-order valence-electron chi connectivity index (χ0n) is 11.2. The van der Waals surface area contributed by atoms with E-state index in [0.717, 1.165) is 0 Å². The SMILES string of the molecule is COC(=O)C12c3ccccc3[C@H]3C1[C@@H]3c1ccccc12. The largest absolute Gasteiger partial charge is 0.468 e. The van der Waals surface area contributed by atoms with Crippen molar-refractivity contribution in [2.45, 2.75) is 17.3 Å². The zero-order chi connectivity index (χ0) is 13.5. The van der Waals surface area contributed by atoms with Gasteiger partial charge in [0.1, 0.15) is 5.41 Å².